The molecule has 27 heavy (non-hydrogen) atoms. The van der Waals surface area contributed by atoms with Crippen molar-refractivity contribution in [3.05, 3.63) is 52.2 Å². The number of benzene rings is 1. The van der Waals surface area contributed by atoms with Crippen LogP contribution in [0.5, 0.6) is 5.75 Å². The quantitative estimate of drug-likeness (QED) is 0.795. The molecule has 0 saturated heterocycles. The largest absolute Gasteiger partial charge is 0.488 e. The van der Waals surface area contributed by atoms with Crippen LogP contribution in [0.25, 0.3) is 6.08 Å². The lowest BCUT2D eigenvalue weighted by Crippen LogP contribution is -2.53. The average Bonchev–Trinajstić information content (AvgIpc) is 3.06. The average molecular weight is 390 g/mol. The highest BCUT2D eigenvalue weighted by Crippen LogP contribution is 2.27. The molecule has 1 saturated carbocycles. The fourth-order valence-corrected chi connectivity index (χ4v) is 3.86. The van der Waals surface area contributed by atoms with Crippen molar-refractivity contribution < 1.29 is 19.0 Å². The number of ether oxygens (including phenoxy) is 1. The standard InChI is InChI=1S/C20H23FN2O3S/c1-13-22-15(12-27-13)9-10-19(24)23(2)17-7-4-8-18(20(17)25)26-16-6-3-5-14(21)11-16/h3,5-6,9-12,17-18,20,25H,4,7-8H2,1-2H3/b10-9+/t17-,18-,20-/m1/s1. The van der Waals surface area contributed by atoms with Gasteiger partial charge in [0.25, 0.3) is 0 Å². The van der Waals surface area contributed by atoms with Crippen molar-refractivity contribution in [1.29, 1.82) is 0 Å². The monoisotopic (exact) mass is 390 g/mol. The second kappa shape index (κ2) is 8.63. The number of nitrogens with zero attached hydrogens (tertiary/aromatic N) is 2. The van der Waals surface area contributed by atoms with Gasteiger partial charge in [-0.05, 0) is 44.4 Å². The van der Waals surface area contributed by atoms with E-state index >= 15 is 0 Å². The minimum absolute atomic E-state index is 0.198. The van der Waals surface area contributed by atoms with Crippen LogP contribution in [-0.4, -0.2) is 46.2 Å². The van der Waals surface area contributed by atoms with Gasteiger partial charge in [-0.2, -0.15) is 0 Å². The van der Waals surface area contributed by atoms with Gasteiger partial charge in [0.05, 0.1) is 16.7 Å². The summed E-state index contributed by atoms with van der Waals surface area (Å²) in [6.07, 6.45) is 3.99. The van der Waals surface area contributed by atoms with Gasteiger partial charge in [-0.3, -0.25) is 4.79 Å². The zero-order chi connectivity index (χ0) is 19.4. The molecule has 1 amide bonds. The van der Waals surface area contributed by atoms with Crippen molar-refractivity contribution in [3.63, 3.8) is 0 Å². The van der Waals surface area contributed by atoms with E-state index in [4.69, 9.17) is 4.74 Å². The molecule has 5 nitrogen and oxygen atoms in total. The number of aryl methyl sites for hydroxylation is 1. The molecule has 1 fully saturated rings. The van der Waals surface area contributed by atoms with E-state index in [9.17, 15) is 14.3 Å². The minimum Gasteiger partial charge on any atom is -0.488 e. The number of thiazole rings is 1. The van der Waals surface area contributed by atoms with Gasteiger partial charge in [-0.25, -0.2) is 9.37 Å². The van der Waals surface area contributed by atoms with Crippen molar-refractivity contribution in [2.24, 2.45) is 0 Å². The summed E-state index contributed by atoms with van der Waals surface area (Å²) in [4.78, 5) is 18.3. The number of carbonyl (C=O) groups is 1. The van der Waals surface area contributed by atoms with Gasteiger partial charge in [0.1, 0.15) is 23.8 Å². The van der Waals surface area contributed by atoms with Gasteiger partial charge in [-0.15, -0.1) is 11.3 Å². The summed E-state index contributed by atoms with van der Waals surface area (Å²) in [6.45, 7) is 1.91. The summed E-state index contributed by atoms with van der Waals surface area (Å²) >= 11 is 1.52. The first-order chi connectivity index (χ1) is 12.9. The van der Waals surface area contributed by atoms with E-state index in [0.29, 0.717) is 18.6 Å². The molecule has 144 valence electrons. The normalized spacial score (nSPS) is 22.7. The molecule has 2 aromatic rings. The van der Waals surface area contributed by atoms with Crippen LogP contribution in [0.15, 0.2) is 35.7 Å². The first-order valence-corrected chi connectivity index (χ1v) is 9.79. The number of carbonyl (C=O) groups excluding carboxylic acids is 1. The SMILES string of the molecule is Cc1nc(/C=C/C(=O)N(C)[C@@H]2CCC[C@@H](Oc3cccc(F)c3)[C@@H]2O)cs1. The molecule has 0 aliphatic heterocycles. The molecule has 1 N–H and O–H groups in total. The van der Waals surface area contributed by atoms with E-state index in [1.807, 2.05) is 12.3 Å². The third-order valence-corrected chi connectivity index (χ3v) is 5.52. The zero-order valence-corrected chi connectivity index (χ0v) is 16.2. The van der Waals surface area contributed by atoms with Gasteiger partial charge >= 0.3 is 0 Å². The lowest BCUT2D eigenvalue weighted by molar-refractivity contribution is -0.132. The number of hydrogen-bond acceptors (Lipinski definition) is 5. The molecule has 3 atom stereocenters. The number of aliphatic hydroxyl groups excluding tert-OH is 1. The molecular formula is C20H23FN2O3S. The highest BCUT2D eigenvalue weighted by molar-refractivity contribution is 7.09. The summed E-state index contributed by atoms with van der Waals surface area (Å²) in [7, 11) is 1.68. The second-order valence-electron chi connectivity index (χ2n) is 6.68. The molecule has 0 unspecified atom stereocenters. The van der Waals surface area contributed by atoms with E-state index in [-0.39, 0.29) is 17.8 Å². The molecule has 0 bridgehead atoms. The maximum atomic E-state index is 13.3. The zero-order valence-electron chi connectivity index (χ0n) is 15.3. The van der Waals surface area contributed by atoms with Crippen LogP contribution >= 0.6 is 11.3 Å². The number of amides is 1. The van der Waals surface area contributed by atoms with Gasteiger partial charge in [-0.1, -0.05) is 6.07 Å². The number of aliphatic hydroxyl groups is 1. The Morgan fingerprint density at radius 1 is 1.44 bits per heavy atom. The molecule has 1 heterocycles. The maximum absolute atomic E-state index is 13.3. The Morgan fingerprint density at radius 3 is 2.96 bits per heavy atom. The number of halogens is 1. The molecule has 1 aliphatic rings. The van der Waals surface area contributed by atoms with Crippen LogP contribution in [0, 0.1) is 12.7 Å². The fourth-order valence-electron chi connectivity index (χ4n) is 3.28. The Balaban J connectivity index is 1.64. The molecule has 7 heteroatoms. The lowest BCUT2D eigenvalue weighted by atomic mass is 9.89. The number of hydrogen-bond donors (Lipinski definition) is 1. The van der Waals surface area contributed by atoms with E-state index in [1.165, 1.54) is 29.5 Å². The molecule has 0 radical (unpaired) electrons. The first kappa shape index (κ1) is 19.5. The molecular weight excluding hydrogens is 367 g/mol. The second-order valence-corrected chi connectivity index (χ2v) is 7.74. The van der Waals surface area contributed by atoms with Crippen molar-refractivity contribution in [2.75, 3.05) is 7.05 Å². The van der Waals surface area contributed by atoms with Crippen LogP contribution in [-0.2, 0) is 4.79 Å². The van der Waals surface area contributed by atoms with Gasteiger partial charge in [0, 0.05) is 24.6 Å². The Kier molecular flexibility index (Phi) is 6.23. The molecule has 1 aromatic carbocycles. The summed E-state index contributed by atoms with van der Waals surface area (Å²) in [5.74, 6) is -0.201. The lowest BCUT2D eigenvalue weighted by Gasteiger charge is -2.39. The van der Waals surface area contributed by atoms with Crippen molar-refractivity contribution in [3.8, 4) is 5.75 Å². The first-order valence-electron chi connectivity index (χ1n) is 8.91. The van der Waals surface area contributed by atoms with E-state index < -0.39 is 12.2 Å². The third-order valence-electron chi connectivity index (χ3n) is 4.73. The Hall–Kier alpha value is -2.25. The number of aromatic nitrogens is 1. The summed E-state index contributed by atoms with van der Waals surface area (Å²) in [5.41, 5.74) is 0.746. The predicted octanol–water partition coefficient (Wildman–Crippen LogP) is 3.42. The van der Waals surface area contributed by atoms with Crippen LogP contribution in [0.2, 0.25) is 0 Å². The fraction of sp³-hybridized carbons (Fsp3) is 0.400. The summed E-state index contributed by atoms with van der Waals surface area (Å²) in [5, 5.41) is 13.5. The Morgan fingerprint density at radius 2 is 2.26 bits per heavy atom. The predicted molar refractivity (Wildman–Crippen MR) is 103 cm³/mol. The van der Waals surface area contributed by atoms with E-state index in [2.05, 4.69) is 4.98 Å². The molecule has 1 aromatic heterocycles. The van der Waals surface area contributed by atoms with Crippen LogP contribution in [0.3, 0.4) is 0 Å². The van der Waals surface area contributed by atoms with Crippen molar-refractivity contribution in [1.82, 2.24) is 9.88 Å². The molecule has 3 rings (SSSR count). The third kappa shape index (κ3) is 4.93. The van der Waals surface area contributed by atoms with Gasteiger partial charge in [0.2, 0.25) is 5.91 Å². The van der Waals surface area contributed by atoms with E-state index in [1.54, 1.807) is 30.2 Å². The van der Waals surface area contributed by atoms with Gasteiger partial charge in [0.15, 0.2) is 0 Å². The summed E-state index contributed by atoms with van der Waals surface area (Å²) in [6, 6.07) is 5.51. The smallest absolute Gasteiger partial charge is 0.246 e. The summed E-state index contributed by atoms with van der Waals surface area (Å²) < 4.78 is 19.1. The Bertz CT molecular complexity index is 823. The van der Waals surface area contributed by atoms with Crippen LogP contribution in [0.4, 0.5) is 4.39 Å². The van der Waals surface area contributed by atoms with Crippen molar-refractivity contribution >= 4 is 23.3 Å². The van der Waals surface area contributed by atoms with Crippen LogP contribution < -0.4 is 4.74 Å². The maximum Gasteiger partial charge on any atom is 0.246 e. The highest BCUT2D eigenvalue weighted by Gasteiger charge is 2.36. The topological polar surface area (TPSA) is 62.7 Å². The number of likely N-dealkylation sites (N-methyl/N-ethyl adjacent to an activating group) is 1. The molecule has 0 spiro atoms. The van der Waals surface area contributed by atoms with E-state index in [0.717, 1.165) is 17.1 Å². The van der Waals surface area contributed by atoms with Crippen molar-refractivity contribution in [2.45, 2.75) is 44.4 Å². The molecule has 1 aliphatic carbocycles. The Labute approximate surface area is 162 Å². The van der Waals surface area contributed by atoms with Gasteiger partial charge < -0.3 is 14.7 Å². The van der Waals surface area contributed by atoms with Crippen LogP contribution in [0.1, 0.15) is 30.0 Å². The highest BCUT2D eigenvalue weighted by atomic mass is 32.1. The number of rotatable bonds is 5. The minimum atomic E-state index is -0.842.